The maximum Gasteiger partial charge on any atom is 0.221 e. The molecule has 0 heterocycles. The van der Waals surface area contributed by atoms with E-state index < -0.39 is 0 Å². The van der Waals surface area contributed by atoms with Gasteiger partial charge in [0.1, 0.15) is 0 Å². The summed E-state index contributed by atoms with van der Waals surface area (Å²) in [4.78, 5) is 13.0. The summed E-state index contributed by atoms with van der Waals surface area (Å²) >= 11 is 0. The van der Waals surface area contributed by atoms with Crippen molar-refractivity contribution in [2.75, 3.05) is 14.1 Å². The fourth-order valence-corrected chi connectivity index (χ4v) is 0.941. The van der Waals surface area contributed by atoms with Crippen molar-refractivity contribution in [2.45, 2.75) is 27.7 Å². The highest BCUT2D eigenvalue weighted by atomic mass is 16.1. The number of allylic oxidation sites excluding steroid dienone is 4. The predicted octanol–water partition coefficient (Wildman–Crippen LogP) is 2.13. The summed E-state index contributed by atoms with van der Waals surface area (Å²) in [5.41, 5.74) is 2.10. The van der Waals surface area contributed by atoms with E-state index in [1.165, 1.54) is 6.92 Å². The number of nitrogens with zero attached hydrogens (tertiary/aromatic N) is 1. The van der Waals surface area contributed by atoms with Crippen molar-refractivity contribution >= 4 is 5.91 Å². The number of carbonyl (C=O) groups is 1. The second-order valence-corrected chi connectivity index (χ2v) is 4.16. The fraction of sp³-hybridized carbons (Fsp3) is 0.583. The lowest BCUT2D eigenvalue weighted by atomic mass is 10.1. The van der Waals surface area contributed by atoms with Crippen molar-refractivity contribution in [3.63, 3.8) is 0 Å². The molecular formula is C12H22N2O. The largest absolute Gasteiger partial charge is 0.381 e. The maximum atomic E-state index is 11.0. The summed E-state index contributed by atoms with van der Waals surface area (Å²) in [6.45, 7) is 7.67. The van der Waals surface area contributed by atoms with E-state index in [0.717, 1.165) is 11.4 Å². The maximum absolute atomic E-state index is 11.0. The SMILES string of the molecule is CC(=O)N/C(=C/C=C(\C)N(C)C)C(C)C. The van der Waals surface area contributed by atoms with Crippen LogP contribution >= 0.6 is 0 Å². The number of hydrogen-bond acceptors (Lipinski definition) is 2. The van der Waals surface area contributed by atoms with E-state index in [-0.39, 0.29) is 5.91 Å². The van der Waals surface area contributed by atoms with Crippen LogP contribution in [0.3, 0.4) is 0 Å². The van der Waals surface area contributed by atoms with Crippen LogP contribution in [0, 0.1) is 5.92 Å². The van der Waals surface area contributed by atoms with E-state index >= 15 is 0 Å². The zero-order valence-corrected chi connectivity index (χ0v) is 10.6. The molecule has 0 unspecified atom stereocenters. The Hall–Kier alpha value is -1.25. The number of hydrogen-bond donors (Lipinski definition) is 1. The molecule has 0 saturated carbocycles. The van der Waals surface area contributed by atoms with Crippen molar-refractivity contribution in [2.24, 2.45) is 5.92 Å². The minimum Gasteiger partial charge on any atom is -0.381 e. The van der Waals surface area contributed by atoms with Crippen LogP contribution in [0.25, 0.3) is 0 Å². The number of amides is 1. The first kappa shape index (κ1) is 13.8. The molecule has 1 N–H and O–H groups in total. The van der Waals surface area contributed by atoms with Gasteiger partial charge in [0.15, 0.2) is 0 Å². The van der Waals surface area contributed by atoms with Gasteiger partial charge in [0.25, 0.3) is 0 Å². The van der Waals surface area contributed by atoms with Gasteiger partial charge in [-0.3, -0.25) is 4.79 Å². The number of nitrogens with one attached hydrogen (secondary N) is 1. The molecule has 1 amide bonds. The highest BCUT2D eigenvalue weighted by Gasteiger charge is 2.03. The first-order chi connectivity index (χ1) is 6.84. The number of rotatable bonds is 4. The van der Waals surface area contributed by atoms with E-state index in [1.807, 2.05) is 38.1 Å². The van der Waals surface area contributed by atoms with Crippen molar-refractivity contribution in [1.82, 2.24) is 10.2 Å². The first-order valence-corrected chi connectivity index (χ1v) is 5.18. The zero-order chi connectivity index (χ0) is 12.0. The van der Waals surface area contributed by atoms with Gasteiger partial charge in [-0.1, -0.05) is 13.8 Å². The average molecular weight is 210 g/mol. The van der Waals surface area contributed by atoms with E-state index in [9.17, 15) is 4.79 Å². The second kappa shape index (κ2) is 6.27. The summed E-state index contributed by atoms with van der Waals surface area (Å²) in [6.07, 6.45) is 3.96. The molecule has 0 aromatic heterocycles. The van der Waals surface area contributed by atoms with Crippen molar-refractivity contribution < 1.29 is 4.79 Å². The molecule has 0 spiro atoms. The summed E-state index contributed by atoms with van der Waals surface area (Å²) in [5.74, 6) is 0.297. The van der Waals surface area contributed by atoms with Crippen LogP contribution in [0.2, 0.25) is 0 Å². The van der Waals surface area contributed by atoms with Gasteiger partial charge >= 0.3 is 0 Å². The van der Waals surface area contributed by atoms with E-state index in [2.05, 4.69) is 19.2 Å². The molecule has 0 aliphatic carbocycles. The Labute approximate surface area is 92.8 Å². The predicted molar refractivity (Wildman–Crippen MR) is 64.2 cm³/mol. The van der Waals surface area contributed by atoms with Crippen LogP contribution in [0.5, 0.6) is 0 Å². The van der Waals surface area contributed by atoms with Gasteiger partial charge in [0.2, 0.25) is 5.91 Å². The van der Waals surface area contributed by atoms with Crippen LogP contribution in [0.4, 0.5) is 0 Å². The van der Waals surface area contributed by atoms with Crippen molar-refractivity contribution in [1.29, 1.82) is 0 Å². The summed E-state index contributed by atoms with van der Waals surface area (Å²) in [7, 11) is 3.99. The van der Waals surface area contributed by atoms with Crippen LogP contribution < -0.4 is 5.32 Å². The molecule has 0 saturated heterocycles. The third-order valence-electron chi connectivity index (χ3n) is 2.15. The Morgan fingerprint density at radius 2 is 1.73 bits per heavy atom. The zero-order valence-electron chi connectivity index (χ0n) is 10.6. The minimum absolute atomic E-state index is 0.0224. The highest BCUT2D eigenvalue weighted by molar-refractivity contribution is 5.75. The molecule has 0 fully saturated rings. The molecular weight excluding hydrogens is 188 g/mol. The molecule has 0 aliphatic rings. The molecule has 3 nitrogen and oxygen atoms in total. The van der Waals surface area contributed by atoms with Crippen LogP contribution in [-0.4, -0.2) is 24.9 Å². The van der Waals surface area contributed by atoms with Gasteiger partial charge in [-0.15, -0.1) is 0 Å². The van der Waals surface area contributed by atoms with Crippen LogP contribution in [-0.2, 0) is 4.79 Å². The summed E-state index contributed by atoms with van der Waals surface area (Å²) in [6, 6.07) is 0. The van der Waals surface area contributed by atoms with Gasteiger partial charge in [0.05, 0.1) is 0 Å². The van der Waals surface area contributed by atoms with Gasteiger partial charge in [0, 0.05) is 32.4 Å². The molecule has 86 valence electrons. The molecule has 0 atom stereocenters. The van der Waals surface area contributed by atoms with E-state index in [4.69, 9.17) is 0 Å². The summed E-state index contributed by atoms with van der Waals surface area (Å²) in [5, 5.41) is 2.83. The van der Waals surface area contributed by atoms with Gasteiger partial charge < -0.3 is 10.2 Å². The Balaban J connectivity index is 4.70. The average Bonchev–Trinajstić information content (AvgIpc) is 2.10. The smallest absolute Gasteiger partial charge is 0.221 e. The third kappa shape index (κ3) is 5.94. The second-order valence-electron chi connectivity index (χ2n) is 4.16. The molecule has 0 aromatic carbocycles. The Morgan fingerprint density at radius 3 is 2.07 bits per heavy atom. The standard InChI is InChI=1S/C12H22N2O/c1-9(2)12(13-11(4)15)8-7-10(3)14(5)6/h7-9H,1-6H3,(H,13,15)/b10-7+,12-8+. The lowest BCUT2D eigenvalue weighted by Crippen LogP contribution is -2.22. The first-order valence-electron chi connectivity index (χ1n) is 5.18. The normalized spacial score (nSPS) is 13.0. The van der Waals surface area contributed by atoms with Gasteiger partial charge in [-0.25, -0.2) is 0 Å². The molecule has 3 heteroatoms. The molecule has 0 aromatic rings. The molecule has 0 rings (SSSR count). The van der Waals surface area contributed by atoms with Crippen LogP contribution in [0.15, 0.2) is 23.5 Å². The topological polar surface area (TPSA) is 32.3 Å². The lowest BCUT2D eigenvalue weighted by molar-refractivity contribution is -0.118. The Bertz CT molecular complexity index is 275. The number of carbonyl (C=O) groups excluding carboxylic acids is 1. The van der Waals surface area contributed by atoms with E-state index in [0.29, 0.717) is 5.92 Å². The monoisotopic (exact) mass is 210 g/mol. The third-order valence-corrected chi connectivity index (χ3v) is 2.15. The van der Waals surface area contributed by atoms with Crippen molar-refractivity contribution in [3.05, 3.63) is 23.5 Å². The quantitative estimate of drug-likeness (QED) is 0.721. The van der Waals surface area contributed by atoms with Gasteiger partial charge in [-0.05, 0) is 25.0 Å². The van der Waals surface area contributed by atoms with Crippen molar-refractivity contribution in [3.8, 4) is 0 Å². The molecule has 15 heavy (non-hydrogen) atoms. The Kier molecular flexibility index (Phi) is 5.75. The highest BCUT2D eigenvalue weighted by Crippen LogP contribution is 2.07. The molecule has 0 radical (unpaired) electrons. The van der Waals surface area contributed by atoms with Gasteiger partial charge in [-0.2, -0.15) is 0 Å². The Morgan fingerprint density at radius 1 is 1.20 bits per heavy atom. The van der Waals surface area contributed by atoms with Crippen LogP contribution in [0.1, 0.15) is 27.7 Å². The minimum atomic E-state index is -0.0224. The molecule has 0 aliphatic heterocycles. The molecule has 0 bridgehead atoms. The summed E-state index contributed by atoms with van der Waals surface area (Å²) < 4.78 is 0. The lowest BCUT2D eigenvalue weighted by Gasteiger charge is -2.13. The van der Waals surface area contributed by atoms with E-state index in [1.54, 1.807) is 0 Å². The fourth-order valence-electron chi connectivity index (χ4n) is 0.941.